The van der Waals surface area contributed by atoms with Gasteiger partial charge in [-0.2, -0.15) is 0 Å². The molecule has 7 heterocycles. The molecule has 4 aromatic carbocycles. The van der Waals surface area contributed by atoms with Gasteiger partial charge in [-0.3, -0.25) is 9.59 Å². The predicted octanol–water partition coefficient (Wildman–Crippen LogP) is 8.52. The lowest BCUT2D eigenvalue weighted by molar-refractivity contribution is -0.135. The summed E-state index contributed by atoms with van der Waals surface area (Å²) in [6, 6.07) is 31.8. The zero-order valence-electron chi connectivity index (χ0n) is 40.8. The minimum Gasteiger partial charge on any atom is -0.446 e. The monoisotopic (exact) mass is 995 g/mol. The van der Waals surface area contributed by atoms with Gasteiger partial charge >= 0.3 is 12.2 Å². The van der Waals surface area contributed by atoms with E-state index >= 15 is 0 Å². The van der Waals surface area contributed by atoms with E-state index in [1.54, 1.807) is 16.0 Å². The van der Waals surface area contributed by atoms with E-state index in [1.165, 1.54) is 0 Å². The van der Waals surface area contributed by atoms with E-state index in [-0.39, 0.29) is 36.1 Å². The molecule has 4 atom stereocenters. The number of hydrogen-bond acceptors (Lipinski definition) is 11. The van der Waals surface area contributed by atoms with E-state index in [4.69, 9.17) is 33.9 Å². The highest BCUT2D eigenvalue weighted by atomic mass is 16.6. The number of hydrogen-bond donors (Lipinski definition) is 4. The van der Waals surface area contributed by atoms with Gasteiger partial charge in [0.05, 0.1) is 67.0 Å². The molecule has 4 fully saturated rings. The highest BCUT2D eigenvalue weighted by molar-refractivity contribution is 5.89. The van der Waals surface area contributed by atoms with E-state index in [0.29, 0.717) is 93.7 Å². The van der Waals surface area contributed by atoms with Gasteiger partial charge in [0, 0.05) is 55.3 Å². The third-order valence-electron chi connectivity index (χ3n) is 14.3. The summed E-state index contributed by atoms with van der Waals surface area (Å²) < 4.78 is 22.2. The average molecular weight is 996 g/mol. The average Bonchev–Trinajstić information content (AvgIpc) is 4.29. The van der Waals surface area contributed by atoms with E-state index in [1.807, 2.05) is 103 Å². The Bertz CT molecular complexity index is 3210. The lowest BCUT2D eigenvalue weighted by atomic mass is 10.0. The molecule has 74 heavy (non-hydrogen) atoms. The van der Waals surface area contributed by atoms with Crippen LogP contribution < -0.4 is 10.6 Å². The van der Waals surface area contributed by atoms with Gasteiger partial charge in [-0.25, -0.2) is 24.5 Å². The van der Waals surface area contributed by atoms with Crippen LogP contribution in [-0.4, -0.2) is 110 Å². The van der Waals surface area contributed by atoms with Crippen molar-refractivity contribution in [3.8, 4) is 23.1 Å². The van der Waals surface area contributed by atoms with Gasteiger partial charge in [0.2, 0.25) is 0 Å². The van der Waals surface area contributed by atoms with Crippen LogP contribution in [0.3, 0.4) is 0 Å². The molecule has 4 amide bonds. The van der Waals surface area contributed by atoms with Crippen LogP contribution in [0.1, 0.15) is 110 Å². The van der Waals surface area contributed by atoms with Crippen molar-refractivity contribution < 1.29 is 38.1 Å². The summed E-state index contributed by atoms with van der Waals surface area (Å²) in [4.78, 5) is 80.0. The third-order valence-corrected chi connectivity index (χ3v) is 14.3. The lowest BCUT2D eigenvalue weighted by Crippen LogP contribution is -2.44. The van der Waals surface area contributed by atoms with Crippen molar-refractivity contribution in [2.45, 2.75) is 87.7 Å². The number of H-pyrrole nitrogens is 2. The molecule has 4 saturated heterocycles. The molecule has 0 radical (unpaired) electrons. The van der Waals surface area contributed by atoms with Gasteiger partial charge in [-0.15, -0.1) is 0 Å². The number of aromatic amines is 2. The maximum Gasteiger partial charge on any atom is 0.408 e. The van der Waals surface area contributed by atoms with Crippen molar-refractivity contribution in [2.24, 2.45) is 0 Å². The van der Waals surface area contributed by atoms with Crippen LogP contribution in [0.5, 0.6) is 0 Å². The van der Waals surface area contributed by atoms with E-state index < -0.39 is 24.3 Å². The summed E-state index contributed by atoms with van der Waals surface area (Å²) in [5.41, 5.74) is 6.82. The summed E-state index contributed by atoms with van der Waals surface area (Å²) in [7, 11) is 0. The number of benzene rings is 4. The Morgan fingerprint density at radius 2 is 1.19 bits per heavy atom. The van der Waals surface area contributed by atoms with Gasteiger partial charge in [-0.1, -0.05) is 72.7 Å². The molecule has 3 aromatic heterocycles. The van der Waals surface area contributed by atoms with E-state index in [9.17, 15) is 19.2 Å². The Morgan fingerprint density at radius 1 is 0.608 bits per heavy atom. The summed E-state index contributed by atoms with van der Waals surface area (Å²) in [6.07, 6.45) is 5.55. The molecular formula is C57H57N9O8. The Balaban J connectivity index is 0.750. The maximum atomic E-state index is 14.3. The number of nitrogens with one attached hydrogen (secondary N) is 4. The number of carbonyl (C=O) groups is 4. The summed E-state index contributed by atoms with van der Waals surface area (Å²) >= 11 is 0. The molecule has 0 aliphatic carbocycles. The smallest absolute Gasteiger partial charge is 0.408 e. The fourth-order valence-corrected chi connectivity index (χ4v) is 10.4. The van der Waals surface area contributed by atoms with Crippen LogP contribution in [-0.2, 0) is 28.5 Å². The minimum absolute atomic E-state index is 0.219. The first-order valence-corrected chi connectivity index (χ1v) is 25.6. The van der Waals surface area contributed by atoms with Gasteiger partial charge in [0.1, 0.15) is 41.6 Å². The Morgan fingerprint density at radius 3 is 1.80 bits per heavy atom. The minimum atomic E-state index is -0.925. The number of alkyl carbamates (subject to hydrolysis) is 2. The number of ether oxygens (including phenoxy) is 4. The summed E-state index contributed by atoms with van der Waals surface area (Å²) in [5.74, 6) is 7.41. The molecule has 7 aromatic rings. The molecule has 4 N–H and O–H groups in total. The van der Waals surface area contributed by atoms with Crippen LogP contribution in [0.2, 0.25) is 0 Å². The van der Waals surface area contributed by atoms with Gasteiger partial charge in [0.15, 0.2) is 0 Å². The molecule has 17 heteroatoms. The molecule has 0 unspecified atom stereocenters. The number of pyridine rings is 1. The first kappa shape index (κ1) is 48.2. The van der Waals surface area contributed by atoms with Crippen LogP contribution in [0.15, 0.2) is 115 Å². The molecule has 17 nitrogen and oxygen atoms in total. The lowest BCUT2D eigenvalue weighted by Gasteiger charge is -2.29. The first-order chi connectivity index (χ1) is 36.3. The molecule has 11 rings (SSSR count). The second-order valence-electron chi connectivity index (χ2n) is 19.2. The fourth-order valence-electron chi connectivity index (χ4n) is 10.4. The molecule has 4 aliphatic rings. The number of likely N-dealkylation sites (tertiary alicyclic amines) is 2. The van der Waals surface area contributed by atoms with Gasteiger partial charge in [0.25, 0.3) is 11.8 Å². The van der Waals surface area contributed by atoms with Crippen LogP contribution in [0, 0.1) is 11.8 Å². The van der Waals surface area contributed by atoms with Crippen molar-refractivity contribution in [1.82, 2.24) is 45.4 Å². The van der Waals surface area contributed by atoms with Crippen molar-refractivity contribution in [2.75, 3.05) is 39.5 Å². The molecule has 4 aliphatic heterocycles. The Hall–Kier alpha value is -8.07. The highest BCUT2D eigenvalue weighted by Gasteiger charge is 2.39. The normalized spacial score (nSPS) is 19.1. The number of imidazole rings is 2. The Labute approximate surface area is 427 Å². The second-order valence-corrected chi connectivity index (χ2v) is 19.2. The fraction of sp³-hybridized carbons (Fsp3) is 0.351. The topological polar surface area (TPSA) is 206 Å². The molecule has 0 spiro atoms. The highest BCUT2D eigenvalue weighted by Crippen LogP contribution is 2.36. The van der Waals surface area contributed by atoms with Crippen LogP contribution in [0.25, 0.3) is 33.2 Å². The van der Waals surface area contributed by atoms with Crippen molar-refractivity contribution in [1.29, 1.82) is 0 Å². The van der Waals surface area contributed by atoms with Crippen LogP contribution >= 0.6 is 0 Å². The molecule has 0 saturated carbocycles. The van der Waals surface area contributed by atoms with Crippen molar-refractivity contribution in [3.63, 3.8) is 0 Å². The second kappa shape index (κ2) is 22.0. The number of aromatic nitrogens is 5. The zero-order chi connectivity index (χ0) is 50.4. The molecule has 0 bridgehead atoms. The maximum absolute atomic E-state index is 14.3. The van der Waals surface area contributed by atoms with Crippen molar-refractivity contribution in [3.05, 3.63) is 149 Å². The van der Waals surface area contributed by atoms with E-state index in [0.717, 1.165) is 64.4 Å². The largest absolute Gasteiger partial charge is 0.446 e. The number of rotatable bonds is 11. The Kier molecular flexibility index (Phi) is 14.3. The summed E-state index contributed by atoms with van der Waals surface area (Å²) in [6.45, 7) is 3.20. The molecular weight excluding hydrogens is 939 g/mol. The number of amides is 4. The quantitative estimate of drug-likeness (QED) is 0.0904. The number of fused-ring (bicyclic) bond motifs is 2. The summed E-state index contributed by atoms with van der Waals surface area (Å²) in [5, 5.41) is 6.67. The van der Waals surface area contributed by atoms with Crippen LogP contribution in [0.4, 0.5) is 9.59 Å². The van der Waals surface area contributed by atoms with Gasteiger partial charge in [-0.05, 0) is 85.2 Å². The van der Waals surface area contributed by atoms with Gasteiger partial charge < -0.3 is 49.3 Å². The SMILES string of the molecule is O=C(N[C@@H](C(=O)N1CCC[C@H]1c1ncc(-c2ccc3nc(C#Cc4ccc5nc([C@@H]6CCCN6C(=O)[C@H](NC(=O)OC6CCOCC6)c6ccccc6)[nH]c5c4)ccc3c2)[nH]1)c1ccccc1)OC1CCOCC1. The standard InChI is InChI=1S/C57H57N9O8/c67-54(50(37-9-3-1-4-10-37)63-56(69)73-42-23-29-71-30-24-42)65-27-7-13-48(65)52-58-35-47(62-52)40-18-22-44-39(34-40)17-20-41(59-44)19-15-36-16-21-45-46(33-36)61-53(60-45)49-14-8-28-66(49)55(68)51(38-11-5-2-6-12-38)64-57(70)74-43-25-31-72-32-26-43/h1-6,9-12,16-18,20-22,33-35,42-43,48-51H,7-8,13-14,23-32H2,(H,58,62)(H,60,61)(H,63,69)(H,64,70)/t48-,49-,50+,51+/m0/s1. The predicted molar refractivity (Wildman–Crippen MR) is 274 cm³/mol. The van der Waals surface area contributed by atoms with Crippen molar-refractivity contribution >= 4 is 45.9 Å². The zero-order valence-corrected chi connectivity index (χ0v) is 40.8. The molecule has 378 valence electrons. The number of nitrogens with zero attached hydrogens (tertiary/aromatic N) is 5. The van der Waals surface area contributed by atoms with E-state index in [2.05, 4.69) is 38.5 Å². The number of carbonyl (C=O) groups excluding carboxylic acids is 4. The first-order valence-electron chi connectivity index (χ1n) is 25.6. The third kappa shape index (κ3) is 10.8.